The fraction of sp³-hybridized carbons (Fsp3) is 0.500. The second kappa shape index (κ2) is 6.62. The molecular formula is C14H18FNO5S. The molecule has 8 heteroatoms. The monoisotopic (exact) mass is 331 g/mol. The van der Waals surface area contributed by atoms with E-state index in [-0.39, 0.29) is 30.2 Å². The molecule has 0 aromatic heterocycles. The number of sulfonamides is 1. The molecule has 22 heavy (non-hydrogen) atoms. The maximum Gasteiger partial charge on any atom is 0.311 e. The van der Waals surface area contributed by atoms with E-state index in [0.29, 0.717) is 0 Å². The molecule has 0 amide bonds. The second-order valence-electron chi connectivity index (χ2n) is 4.95. The average molecular weight is 331 g/mol. The summed E-state index contributed by atoms with van der Waals surface area (Å²) in [4.78, 5) is 11.4. The van der Waals surface area contributed by atoms with Gasteiger partial charge in [0.15, 0.2) is 0 Å². The summed E-state index contributed by atoms with van der Waals surface area (Å²) in [7, 11) is -1.32. The van der Waals surface area contributed by atoms with Gasteiger partial charge >= 0.3 is 5.97 Å². The molecule has 0 bridgehead atoms. The van der Waals surface area contributed by atoms with Gasteiger partial charge in [0, 0.05) is 13.1 Å². The maximum absolute atomic E-state index is 14.1. The van der Waals surface area contributed by atoms with Gasteiger partial charge in [0.05, 0.1) is 20.1 Å². The van der Waals surface area contributed by atoms with Crippen LogP contribution in [0.3, 0.4) is 0 Å². The fourth-order valence-electron chi connectivity index (χ4n) is 2.48. The summed E-state index contributed by atoms with van der Waals surface area (Å²) in [5.41, 5.74) is 0. The number of piperidine rings is 1. The van der Waals surface area contributed by atoms with Crippen molar-refractivity contribution in [3.63, 3.8) is 0 Å². The van der Waals surface area contributed by atoms with E-state index < -0.39 is 28.1 Å². The number of benzene rings is 1. The summed E-state index contributed by atoms with van der Waals surface area (Å²) in [5.74, 6) is -1.37. The van der Waals surface area contributed by atoms with Crippen LogP contribution in [0.4, 0.5) is 4.39 Å². The number of halogens is 1. The van der Waals surface area contributed by atoms with E-state index in [1.807, 2.05) is 0 Å². The number of nitrogens with zero attached hydrogens (tertiary/aromatic N) is 1. The van der Waals surface area contributed by atoms with Crippen molar-refractivity contribution < 1.29 is 27.1 Å². The number of alkyl halides is 1. The molecule has 2 rings (SSSR count). The minimum absolute atomic E-state index is 0.0128. The van der Waals surface area contributed by atoms with E-state index in [9.17, 15) is 17.6 Å². The van der Waals surface area contributed by atoms with Gasteiger partial charge in [0.1, 0.15) is 16.8 Å². The van der Waals surface area contributed by atoms with Gasteiger partial charge in [0.25, 0.3) is 0 Å². The smallest absolute Gasteiger partial charge is 0.311 e. The van der Waals surface area contributed by atoms with Gasteiger partial charge in [-0.2, -0.15) is 4.31 Å². The number of methoxy groups -OCH3 is 2. The Kier molecular flexibility index (Phi) is 5.02. The van der Waals surface area contributed by atoms with Crippen molar-refractivity contribution >= 4 is 16.0 Å². The highest BCUT2D eigenvalue weighted by Gasteiger charge is 2.40. The van der Waals surface area contributed by atoms with Gasteiger partial charge in [-0.1, -0.05) is 12.1 Å². The summed E-state index contributed by atoms with van der Waals surface area (Å²) in [5, 5.41) is 0. The van der Waals surface area contributed by atoms with Crippen molar-refractivity contribution in [1.29, 1.82) is 0 Å². The zero-order chi connectivity index (χ0) is 16.3. The van der Waals surface area contributed by atoms with Crippen LogP contribution in [-0.2, 0) is 19.6 Å². The van der Waals surface area contributed by atoms with E-state index in [2.05, 4.69) is 4.74 Å². The minimum atomic E-state index is -3.88. The molecule has 1 saturated heterocycles. The Labute approximate surface area is 128 Å². The van der Waals surface area contributed by atoms with Crippen LogP contribution in [0.2, 0.25) is 0 Å². The largest absolute Gasteiger partial charge is 0.495 e. The molecule has 1 aromatic carbocycles. The number of carbonyl (C=O) groups is 1. The molecule has 1 aliphatic heterocycles. The highest BCUT2D eigenvalue weighted by molar-refractivity contribution is 7.89. The lowest BCUT2D eigenvalue weighted by molar-refractivity contribution is -0.149. The Hall–Kier alpha value is -1.67. The lowest BCUT2D eigenvalue weighted by Gasteiger charge is -2.32. The second-order valence-corrected chi connectivity index (χ2v) is 6.85. The number of ether oxygens (including phenoxy) is 2. The van der Waals surface area contributed by atoms with E-state index in [1.165, 1.54) is 26.4 Å². The molecule has 0 radical (unpaired) electrons. The topological polar surface area (TPSA) is 72.9 Å². The Bertz CT molecular complexity index is 648. The number of hydrogen-bond acceptors (Lipinski definition) is 5. The van der Waals surface area contributed by atoms with E-state index in [4.69, 9.17) is 4.74 Å². The van der Waals surface area contributed by atoms with Gasteiger partial charge in [-0.25, -0.2) is 12.8 Å². The van der Waals surface area contributed by atoms with Gasteiger partial charge < -0.3 is 9.47 Å². The fourth-order valence-corrected chi connectivity index (χ4v) is 4.10. The highest BCUT2D eigenvalue weighted by atomic mass is 32.2. The molecule has 1 heterocycles. The number of hydrogen-bond donors (Lipinski definition) is 0. The molecule has 0 unspecified atom stereocenters. The summed E-state index contributed by atoms with van der Waals surface area (Å²) >= 11 is 0. The van der Waals surface area contributed by atoms with Crippen LogP contribution in [0.1, 0.15) is 6.42 Å². The Morgan fingerprint density at radius 2 is 2.00 bits per heavy atom. The Morgan fingerprint density at radius 3 is 2.59 bits per heavy atom. The van der Waals surface area contributed by atoms with E-state index in [0.717, 1.165) is 4.31 Å². The molecule has 0 saturated carbocycles. The first-order valence-corrected chi connectivity index (χ1v) is 8.21. The summed E-state index contributed by atoms with van der Waals surface area (Å²) in [6.45, 7) is -0.319. The quantitative estimate of drug-likeness (QED) is 0.776. The van der Waals surface area contributed by atoms with E-state index in [1.54, 1.807) is 12.1 Å². The van der Waals surface area contributed by atoms with Crippen molar-refractivity contribution in [3.05, 3.63) is 24.3 Å². The van der Waals surface area contributed by atoms with Crippen molar-refractivity contribution in [2.24, 2.45) is 5.92 Å². The minimum Gasteiger partial charge on any atom is -0.495 e. The van der Waals surface area contributed by atoms with Crippen LogP contribution in [0.25, 0.3) is 0 Å². The predicted molar refractivity (Wildman–Crippen MR) is 76.8 cm³/mol. The molecule has 6 nitrogen and oxygen atoms in total. The number of esters is 1. The molecule has 1 fully saturated rings. The van der Waals surface area contributed by atoms with Crippen LogP contribution in [0.5, 0.6) is 5.75 Å². The lowest BCUT2D eigenvalue weighted by atomic mass is 9.96. The Morgan fingerprint density at radius 1 is 1.32 bits per heavy atom. The van der Waals surface area contributed by atoms with E-state index >= 15 is 0 Å². The van der Waals surface area contributed by atoms with Gasteiger partial charge in [-0.3, -0.25) is 4.79 Å². The van der Waals surface area contributed by atoms with Gasteiger partial charge in [-0.15, -0.1) is 0 Å². The first kappa shape index (κ1) is 16.7. The molecule has 1 aliphatic rings. The molecule has 122 valence electrons. The summed E-state index contributed by atoms with van der Waals surface area (Å²) < 4.78 is 50.0. The third kappa shape index (κ3) is 3.07. The van der Waals surface area contributed by atoms with Crippen LogP contribution < -0.4 is 4.74 Å². The highest BCUT2D eigenvalue weighted by Crippen LogP contribution is 2.30. The van der Waals surface area contributed by atoms with Crippen molar-refractivity contribution in [1.82, 2.24) is 4.31 Å². The van der Waals surface area contributed by atoms with Crippen molar-refractivity contribution in [3.8, 4) is 5.75 Å². The van der Waals surface area contributed by atoms with Crippen LogP contribution in [0.15, 0.2) is 29.2 Å². The van der Waals surface area contributed by atoms with Gasteiger partial charge in [-0.05, 0) is 18.6 Å². The maximum atomic E-state index is 14.1. The standard InChI is InChI=1S/C14H18FNO5S/c1-20-12-5-3-4-6-13(12)22(18,19)16-8-7-10(11(15)9-16)14(17)21-2/h3-6,10-11H,7-9H2,1-2H3/t10-,11+/m1/s1. The number of rotatable bonds is 4. The first-order chi connectivity index (χ1) is 10.4. The summed E-state index contributed by atoms with van der Waals surface area (Å²) in [6, 6.07) is 6.16. The Balaban J connectivity index is 2.24. The zero-order valence-electron chi connectivity index (χ0n) is 12.4. The van der Waals surface area contributed by atoms with Crippen LogP contribution in [-0.4, -0.2) is 52.2 Å². The molecule has 0 spiro atoms. The average Bonchev–Trinajstić information content (AvgIpc) is 2.53. The first-order valence-electron chi connectivity index (χ1n) is 6.77. The molecule has 2 atom stereocenters. The molecular weight excluding hydrogens is 313 g/mol. The molecule has 0 N–H and O–H groups in total. The predicted octanol–water partition coefficient (Wildman–Crippen LogP) is 1.22. The zero-order valence-corrected chi connectivity index (χ0v) is 13.2. The molecule has 0 aliphatic carbocycles. The normalized spacial score (nSPS) is 23.0. The number of para-hydroxylation sites is 1. The SMILES string of the molecule is COC(=O)[C@@H]1CCN(S(=O)(=O)c2ccccc2OC)C[C@@H]1F. The lowest BCUT2D eigenvalue weighted by Crippen LogP contribution is -2.47. The third-order valence-corrected chi connectivity index (χ3v) is 5.60. The van der Waals surface area contributed by atoms with Crippen molar-refractivity contribution in [2.45, 2.75) is 17.5 Å². The summed E-state index contributed by atoms with van der Waals surface area (Å²) in [6.07, 6.45) is -1.51. The number of carbonyl (C=O) groups excluding carboxylic acids is 1. The molecule has 1 aromatic rings. The third-order valence-electron chi connectivity index (χ3n) is 3.69. The van der Waals surface area contributed by atoms with Crippen molar-refractivity contribution in [2.75, 3.05) is 27.3 Å². The van der Waals surface area contributed by atoms with Crippen LogP contribution in [0, 0.1) is 5.92 Å². The van der Waals surface area contributed by atoms with Crippen LogP contribution >= 0.6 is 0 Å². The van der Waals surface area contributed by atoms with Gasteiger partial charge in [0.2, 0.25) is 10.0 Å².